The number of rotatable bonds is 7. The Bertz CT molecular complexity index is 1270. The molecule has 0 bridgehead atoms. The van der Waals surface area contributed by atoms with Crippen LogP contribution in [0.25, 0.3) is 16.7 Å². The minimum Gasteiger partial charge on any atom is -0.496 e. The number of benzene rings is 3. The van der Waals surface area contributed by atoms with Gasteiger partial charge in [0.2, 0.25) is 0 Å². The van der Waals surface area contributed by atoms with Crippen molar-refractivity contribution >= 4 is 50.2 Å². The Balaban J connectivity index is 1.60. The van der Waals surface area contributed by atoms with Crippen molar-refractivity contribution in [1.82, 2.24) is 15.0 Å². The number of hydrogen-bond donors (Lipinski definition) is 1. The van der Waals surface area contributed by atoms with Gasteiger partial charge in [0.15, 0.2) is 0 Å². The minimum absolute atomic E-state index is 0.334. The molecule has 1 aromatic heterocycles. The van der Waals surface area contributed by atoms with E-state index in [0.29, 0.717) is 33.1 Å². The van der Waals surface area contributed by atoms with Crippen molar-refractivity contribution in [2.45, 2.75) is 26.2 Å². The number of aryl methyl sites for hydroxylation is 1. The highest BCUT2D eigenvalue weighted by molar-refractivity contribution is 9.10. The number of amides is 1. The molecule has 8 heteroatoms. The molecule has 0 fully saturated rings. The van der Waals surface area contributed by atoms with Gasteiger partial charge in [-0.3, -0.25) is 4.79 Å². The van der Waals surface area contributed by atoms with E-state index >= 15 is 0 Å². The number of hydrogen-bond acceptors (Lipinski definition) is 4. The Labute approximate surface area is 199 Å². The molecule has 0 saturated heterocycles. The average molecular weight is 514 g/mol. The molecule has 164 valence electrons. The predicted octanol–water partition coefficient (Wildman–Crippen LogP) is 6.44. The van der Waals surface area contributed by atoms with Crippen molar-refractivity contribution in [3.63, 3.8) is 0 Å². The van der Waals surface area contributed by atoms with E-state index in [9.17, 15) is 4.79 Å². The van der Waals surface area contributed by atoms with Gasteiger partial charge in [-0.15, -0.1) is 10.2 Å². The number of fused-ring (bicyclic) bond motifs is 1. The van der Waals surface area contributed by atoms with E-state index in [0.717, 1.165) is 16.6 Å². The number of halogens is 2. The molecule has 0 saturated carbocycles. The molecular weight excluding hydrogens is 492 g/mol. The summed E-state index contributed by atoms with van der Waals surface area (Å²) < 4.78 is 6.07. The van der Waals surface area contributed by atoms with Crippen molar-refractivity contribution in [3.8, 4) is 11.4 Å². The van der Waals surface area contributed by atoms with Crippen LogP contribution in [0.1, 0.15) is 35.7 Å². The van der Waals surface area contributed by atoms with Crippen molar-refractivity contribution < 1.29 is 9.53 Å². The number of carbonyl (C=O) groups is 1. The van der Waals surface area contributed by atoms with Gasteiger partial charge in [0.05, 0.1) is 29.1 Å². The Morgan fingerprint density at radius 2 is 1.81 bits per heavy atom. The maximum atomic E-state index is 12.9. The zero-order valence-corrected chi connectivity index (χ0v) is 20.1. The molecule has 32 heavy (non-hydrogen) atoms. The number of nitrogens with zero attached hydrogens (tertiary/aromatic N) is 3. The maximum Gasteiger partial charge on any atom is 0.259 e. The number of methoxy groups -OCH3 is 1. The third-order valence-electron chi connectivity index (χ3n) is 5.11. The highest BCUT2D eigenvalue weighted by Gasteiger charge is 2.16. The van der Waals surface area contributed by atoms with E-state index in [2.05, 4.69) is 50.5 Å². The van der Waals surface area contributed by atoms with Crippen LogP contribution in [-0.4, -0.2) is 28.0 Å². The minimum atomic E-state index is -0.334. The first-order valence-electron chi connectivity index (χ1n) is 10.3. The molecule has 1 heterocycles. The van der Waals surface area contributed by atoms with Gasteiger partial charge in [-0.1, -0.05) is 53.0 Å². The summed E-state index contributed by atoms with van der Waals surface area (Å²) in [5, 5.41) is 12.3. The quantitative estimate of drug-likeness (QED) is 0.309. The number of aromatic nitrogens is 3. The molecule has 4 rings (SSSR count). The van der Waals surface area contributed by atoms with E-state index in [1.807, 2.05) is 18.2 Å². The van der Waals surface area contributed by atoms with E-state index in [-0.39, 0.29) is 5.91 Å². The van der Waals surface area contributed by atoms with Crippen LogP contribution in [0.5, 0.6) is 5.75 Å². The van der Waals surface area contributed by atoms with Crippen molar-refractivity contribution in [2.75, 3.05) is 12.4 Å². The van der Waals surface area contributed by atoms with Crippen LogP contribution in [0.15, 0.2) is 59.1 Å². The second kappa shape index (κ2) is 9.71. The Morgan fingerprint density at radius 3 is 2.50 bits per heavy atom. The molecule has 0 atom stereocenters. The Hall–Kier alpha value is -2.90. The van der Waals surface area contributed by atoms with Crippen LogP contribution in [0, 0.1) is 0 Å². The summed E-state index contributed by atoms with van der Waals surface area (Å²) in [5.41, 5.74) is 4.27. The number of unbranched alkanes of at least 4 members (excludes halogenated alkanes) is 1. The fourth-order valence-corrected chi connectivity index (χ4v) is 3.94. The third kappa shape index (κ3) is 4.79. The SMILES string of the molecule is CCCCc1ccc(-n2nc3cc(Cl)c(NC(=O)c4cc(Br)ccc4OC)cc3n2)cc1. The molecule has 0 spiro atoms. The van der Waals surface area contributed by atoms with Crippen LogP contribution in [0.4, 0.5) is 5.69 Å². The lowest BCUT2D eigenvalue weighted by Gasteiger charge is -2.10. The lowest BCUT2D eigenvalue weighted by atomic mass is 10.1. The number of ether oxygens (including phenoxy) is 1. The summed E-state index contributed by atoms with van der Waals surface area (Å²) in [6.45, 7) is 2.19. The lowest BCUT2D eigenvalue weighted by molar-refractivity contribution is 0.102. The van der Waals surface area contributed by atoms with Gasteiger partial charge in [-0.2, -0.15) is 4.80 Å². The first-order chi connectivity index (χ1) is 15.5. The monoisotopic (exact) mass is 512 g/mol. The molecule has 0 radical (unpaired) electrons. The fraction of sp³-hybridized carbons (Fsp3) is 0.208. The van der Waals surface area contributed by atoms with Gasteiger partial charge in [0.1, 0.15) is 16.8 Å². The maximum absolute atomic E-state index is 12.9. The lowest BCUT2D eigenvalue weighted by Crippen LogP contribution is -2.13. The molecule has 0 unspecified atom stereocenters. The van der Waals surface area contributed by atoms with E-state index < -0.39 is 0 Å². The second-order valence-corrected chi connectivity index (χ2v) is 8.70. The highest BCUT2D eigenvalue weighted by atomic mass is 79.9. The van der Waals surface area contributed by atoms with E-state index in [1.165, 1.54) is 25.5 Å². The van der Waals surface area contributed by atoms with Crippen LogP contribution in [0.2, 0.25) is 5.02 Å². The number of nitrogens with one attached hydrogen (secondary N) is 1. The Kier molecular flexibility index (Phi) is 6.77. The summed E-state index contributed by atoms with van der Waals surface area (Å²) in [5.74, 6) is 0.135. The summed E-state index contributed by atoms with van der Waals surface area (Å²) in [7, 11) is 1.52. The van der Waals surface area contributed by atoms with Gasteiger partial charge in [0.25, 0.3) is 5.91 Å². The molecule has 1 N–H and O–H groups in total. The van der Waals surface area contributed by atoms with Crippen LogP contribution >= 0.6 is 27.5 Å². The second-order valence-electron chi connectivity index (χ2n) is 7.38. The average Bonchev–Trinajstić information content (AvgIpc) is 3.20. The largest absolute Gasteiger partial charge is 0.496 e. The van der Waals surface area contributed by atoms with Gasteiger partial charge >= 0.3 is 0 Å². The van der Waals surface area contributed by atoms with E-state index in [1.54, 1.807) is 29.1 Å². The fourth-order valence-electron chi connectivity index (χ4n) is 3.37. The predicted molar refractivity (Wildman–Crippen MR) is 131 cm³/mol. The van der Waals surface area contributed by atoms with E-state index in [4.69, 9.17) is 16.3 Å². The zero-order chi connectivity index (χ0) is 22.7. The van der Waals surface area contributed by atoms with Crippen LogP contribution in [0.3, 0.4) is 0 Å². The van der Waals surface area contributed by atoms with Gasteiger partial charge in [0, 0.05) is 4.47 Å². The van der Waals surface area contributed by atoms with Crippen molar-refractivity contribution in [2.24, 2.45) is 0 Å². The zero-order valence-electron chi connectivity index (χ0n) is 17.7. The van der Waals surface area contributed by atoms with Gasteiger partial charge in [-0.05, 0) is 60.9 Å². The number of carbonyl (C=O) groups excluding carboxylic acids is 1. The molecule has 0 aliphatic carbocycles. The van der Waals surface area contributed by atoms with Gasteiger partial charge in [-0.25, -0.2) is 0 Å². The number of anilines is 1. The highest BCUT2D eigenvalue weighted by Crippen LogP contribution is 2.29. The molecule has 0 aliphatic rings. The van der Waals surface area contributed by atoms with Crippen LogP contribution < -0.4 is 10.1 Å². The first kappa shape index (κ1) is 22.3. The Morgan fingerprint density at radius 1 is 1.09 bits per heavy atom. The van der Waals surface area contributed by atoms with Gasteiger partial charge < -0.3 is 10.1 Å². The van der Waals surface area contributed by atoms with Crippen molar-refractivity contribution in [1.29, 1.82) is 0 Å². The topological polar surface area (TPSA) is 69.0 Å². The standard InChI is InChI=1S/C24H22BrClN4O2/c1-3-4-5-15-6-9-17(10-7-15)30-28-21-13-19(26)20(14-22(21)29-30)27-24(31)18-12-16(25)8-11-23(18)32-2/h6-14H,3-5H2,1-2H3,(H,27,31). The molecule has 3 aromatic carbocycles. The van der Waals surface area contributed by atoms with Crippen molar-refractivity contribution in [3.05, 3.63) is 75.2 Å². The molecule has 4 aromatic rings. The molecule has 0 aliphatic heterocycles. The van der Waals surface area contributed by atoms with Crippen LogP contribution in [-0.2, 0) is 6.42 Å². The summed E-state index contributed by atoms with van der Waals surface area (Å²) in [6.07, 6.45) is 3.40. The summed E-state index contributed by atoms with van der Waals surface area (Å²) >= 11 is 9.82. The molecule has 1 amide bonds. The summed E-state index contributed by atoms with van der Waals surface area (Å²) in [6, 6.07) is 16.9. The first-order valence-corrected chi connectivity index (χ1v) is 11.5. The molecule has 6 nitrogen and oxygen atoms in total. The summed E-state index contributed by atoms with van der Waals surface area (Å²) in [4.78, 5) is 14.4. The molecular formula is C24H22BrClN4O2. The normalized spacial score (nSPS) is 11.0. The third-order valence-corrected chi connectivity index (χ3v) is 5.92. The smallest absolute Gasteiger partial charge is 0.259 e.